The molecule has 424 valence electrons. The lowest BCUT2D eigenvalue weighted by Gasteiger charge is -2.26. The van der Waals surface area contributed by atoms with Gasteiger partial charge in [0.2, 0.25) is 0 Å². The van der Waals surface area contributed by atoms with Gasteiger partial charge in [-0.15, -0.1) is 6.58 Å². The standard InChI is InChI=1S/C11H16.C10H13F.C10H14.C9H18.C8H18.C7H14O.C7H16.C5H12O.2CH4/c1-9-5-7-10(8-6-9)11(2,3)4;1-10(2,3)8-4-6-9(11)7-5-8;1-10(2,3)9-7-5-4-6-8-9;1-9(2,3)8-6-4-5-7-8;1-5-6-7-8(2,3)4;1-5-6-8-7(2,3)4;1-5-6-7(2,3)4;1-5(2,3)6-4;;/h5-8H,1-4H3;4-7H,1-3H3;4-8H,1-3H3;8H,4-7H2,1-3H3;5-7H2,1-4H3;5H,1,6H2,2-4H3;5-6H2,1-4H3;1-4H3;2*1H4. The number of halogens is 1. The van der Waals surface area contributed by atoms with E-state index in [4.69, 9.17) is 9.47 Å². The lowest BCUT2D eigenvalue weighted by Crippen LogP contribution is -2.18. The van der Waals surface area contributed by atoms with E-state index in [1.54, 1.807) is 13.2 Å². The number of unbranched alkanes of at least 4 members (excludes halogenated alkanes) is 1. The SMILES string of the molecule is C.C.C=CCOC(C)(C)C.CC(C)(C)C1CCCC1.CC(C)(C)c1ccc(F)cc1.CC(C)(C)c1ccccc1.CCCC(C)(C)C.CCCCC(C)(C)C.COC(C)(C)C.Cc1ccc(C(C)(C)C)cc1. The molecule has 0 radical (unpaired) electrons. The minimum absolute atomic E-state index is 0. The van der Waals surface area contributed by atoms with E-state index >= 15 is 0 Å². The van der Waals surface area contributed by atoms with Crippen molar-refractivity contribution in [1.82, 2.24) is 0 Å². The predicted molar refractivity (Wildman–Crippen MR) is 331 cm³/mol. The minimum atomic E-state index is -0.169. The fraction of sp³-hybridized carbons (Fsp3) is 0.710. The molecule has 1 aliphatic rings. The predicted octanol–water partition coefficient (Wildman–Crippen LogP) is 23.4. The van der Waals surface area contributed by atoms with Gasteiger partial charge in [0.25, 0.3) is 0 Å². The van der Waals surface area contributed by atoms with Crippen LogP contribution in [0.4, 0.5) is 4.39 Å². The summed E-state index contributed by atoms with van der Waals surface area (Å²) >= 11 is 0. The van der Waals surface area contributed by atoms with E-state index < -0.39 is 0 Å². The third-order valence-electron chi connectivity index (χ3n) is 11.4. The molecule has 0 spiro atoms. The molecule has 0 N–H and O–H groups in total. The number of hydrogen-bond acceptors (Lipinski definition) is 2. The number of methoxy groups -OCH3 is 1. The van der Waals surface area contributed by atoms with Crippen LogP contribution in [-0.4, -0.2) is 24.9 Å². The second-order valence-electron chi connectivity index (χ2n) is 27.8. The highest BCUT2D eigenvalue weighted by Crippen LogP contribution is 2.38. The Morgan fingerprint density at radius 2 is 0.861 bits per heavy atom. The van der Waals surface area contributed by atoms with Crippen molar-refractivity contribution < 1.29 is 13.9 Å². The highest BCUT2D eigenvalue weighted by Gasteiger charge is 2.27. The largest absolute Gasteiger partial charge is 0.379 e. The van der Waals surface area contributed by atoms with Gasteiger partial charge < -0.3 is 9.47 Å². The van der Waals surface area contributed by atoms with Gasteiger partial charge >= 0.3 is 0 Å². The number of benzene rings is 3. The van der Waals surface area contributed by atoms with Crippen LogP contribution in [0.25, 0.3) is 0 Å². The summed E-state index contributed by atoms with van der Waals surface area (Å²) in [4.78, 5) is 0. The number of hydrogen-bond donors (Lipinski definition) is 0. The molecule has 2 nitrogen and oxygen atoms in total. The molecule has 0 heterocycles. The molecule has 0 aliphatic heterocycles. The third-order valence-corrected chi connectivity index (χ3v) is 11.4. The Kier molecular flexibility index (Phi) is 43.4. The molecule has 72 heavy (non-hydrogen) atoms. The van der Waals surface area contributed by atoms with E-state index in [0.717, 1.165) is 5.92 Å². The number of ether oxygens (including phenoxy) is 2. The smallest absolute Gasteiger partial charge is 0.123 e. The lowest BCUT2D eigenvalue weighted by atomic mass is 9.80. The first-order valence-corrected chi connectivity index (χ1v) is 27.1. The van der Waals surface area contributed by atoms with Crippen LogP contribution in [0.5, 0.6) is 0 Å². The quantitative estimate of drug-likeness (QED) is 0.237. The molecule has 1 saturated carbocycles. The van der Waals surface area contributed by atoms with Crippen molar-refractivity contribution >= 4 is 0 Å². The summed E-state index contributed by atoms with van der Waals surface area (Å²) in [6.07, 6.45) is 14.4. The molecule has 3 aromatic rings. The van der Waals surface area contributed by atoms with E-state index in [0.29, 0.717) is 28.3 Å². The Labute approximate surface area is 454 Å². The van der Waals surface area contributed by atoms with Crippen LogP contribution in [0, 0.1) is 34.9 Å². The summed E-state index contributed by atoms with van der Waals surface area (Å²) in [6.45, 7) is 63.4. The van der Waals surface area contributed by atoms with Gasteiger partial charge in [0.15, 0.2) is 0 Å². The van der Waals surface area contributed by atoms with Gasteiger partial charge in [0, 0.05) is 7.11 Å². The lowest BCUT2D eigenvalue weighted by molar-refractivity contribution is 0.0151. The summed E-state index contributed by atoms with van der Waals surface area (Å²) in [6, 6.07) is 26.0. The van der Waals surface area contributed by atoms with Gasteiger partial charge in [0.05, 0.1) is 17.8 Å². The zero-order valence-electron chi connectivity index (χ0n) is 52.1. The summed E-state index contributed by atoms with van der Waals surface area (Å²) < 4.78 is 22.7. The second-order valence-corrected chi connectivity index (χ2v) is 27.8. The van der Waals surface area contributed by atoms with Gasteiger partial charge in [-0.25, -0.2) is 4.39 Å². The van der Waals surface area contributed by atoms with Crippen LogP contribution in [0.15, 0.2) is 91.5 Å². The van der Waals surface area contributed by atoms with Crippen molar-refractivity contribution in [3.05, 3.63) is 120 Å². The zero-order valence-corrected chi connectivity index (χ0v) is 52.1. The highest BCUT2D eigenvalue weighted by atomic mass is 19.1. The summed E-state index contributed by atoms with van der Waals surface area (Å²) in [5.74, 6) is 0.843. The summed E-state index contributed by atoms with van der Waals surface area (Å²) in [7, 11) is 1.71. The van der Waals surface area contributed by atoms with Crippen LogP contribution in [0.2, 0.25) is 0 Å². The van der Waals surface area contributed by atoms with Crippen LogP contribution in [-0.2, 0) is 25.7 Å². The second kappa shape index (κ2) is 38.7. The van der Waals surface area contributed by atoms with Gasteiger partial charge in [-0.05, 0) is 141 Å². The Morgan fingerprint density at radius 1 is 0.514 bits per heavy atom. The Hall–Kier alpha value is -2.75. The summed E-state index contributed by atoms with van der Waals surface area (Å²) in [5.41, 5.74) is 7.70. The van der Waals surface area contributed by atoms with E-state index in [1.807, 2.05) is 53.7 Å². The number of aryl methyl sites for hydroxylation is 1. The molecule has 3 heteroatoms. The van der Waals surface area contributed by atoms with Crippen LogP contribution >= 0.6 is 0 Å². The maximum Gasteiger partial charge on any atom is 0.123 e. The average molecular weight is 1010 g/mol. The van der Waals surface area contributed by atoms with E-state index in [1.165, 1.54) is 92.2 Å². The van der Waals surface area contributed by atoms with Gasteiger partial charge in [-0.2, -0.15) is 0 Å². The molecule has 0 saturated heterocycles. The molecule has 0 amide bonds. The molecule has 0 aromatic heterocycles. The third kappa shape index (κ3) is 55.0. The molecule has 0 unspecified atom stereocenters. The Morgan fingerprint density at radius 3 is 1.06 bits per heavy atom. The molecular formula is C69H129FO2. The fourth-order valence-electron chi connectivity index (χ4n) is 6.50. The van der Waals surface area contributed by atoms with E-state index in [2.05, 4.69) is 207 Å². The molecule has 0 bridgehead atoms. The topological polar surface area (TPSA) is 18.5 Å². The van der Waals surface area contributed by atoms with Gasteiger partial charge in [0.1, 0.15) is 5.82 Å². The summed E-state index contributed by atoms with van der Waals surface area (Å²) in [5, 5.41) is 0. The molecule has 1 aliphatic carbocycles. The fourth-order valence-corrected chi connectivity index (χ4v) is 6.50. The number of rotatable bonds is 5. The maximum absolute atomic E-state index is 12.5. The first-order chi connectivity index (χ1) is 31.5. The highest BCUT2D eigenvalue weighted by molar-refractivity contribution is 5.26. The van der Waals surface area contributed by atoms with E-state index in [-0.39, 0.29) is 42.7 Å². The van der Waals surface area contributed by atoms with Crippen molar-refractivity contribution in [2.24, 2.45) is 22.2 Å². The van der Waals surface area contributed by atoms with E-state index in [9.17, 15) is 4.39 Å². The molecular weight excluding hydrogens is 880 g/mol. The zero-order chi connectivity index (χ0) is 55.8. The van der Waals surface area contributed by atoms with Gasteiger partial charge in [-0.1, -0.05) is 264 Å². The Balaban J connectivity index is -0.000000174. The minimum Gasteiger partial charge on any atom is -0.379 e. The molecule has 0 atom stereocenters. The van der Waals surface area contributed by atoms with Crippen molar-refractivity contribution in [1.29, 1.82) is 0 Å². The normalized spacial score (nSPS) is 12.8. The van der Waals surface area contributed by atoms with Gasteiger partial charge in [-0.3, -0.25) is 0 Å². The van der Waals surface area contributed by atoms with Crippen molar-refractivity contribution in [2.75, 3.05) is 13.7 Å². The molecule has 3 aromatic carbocycles. The average Bonchev–Trinajstić information content (AvgIpc) is 3.76. The first kappa shape index (κ1) is 80.6. The van der Waals surface area contributed by atoms with Crippen molar-refractivity contribution in [3.8, 4) is 0 Å². The van der Waals surface area contributed by atoms with Crippen molar-refractivity contribution in [2.45, 2.75) is 287 Å². The Bertz CT molecular complexity index is 1580. The van der Waals surface area contributed by atoms with Crippen LogP contribution in [0.1, 0.15) is 275 Å². The monoisotopic (exact) mass is 1010 g/mol. The molecule has 4 rings (SSSR count). The van der Waals surface area contributed by atoms with Crippen molar-refractivity contribution in [3.63, 3.8) is 0 Å². The molecule has 1 fully saturated rings. The first-order valence-electron chi connectivity index (χ1n) is 27.1. The van der Waals surface area contributed by atoms with Crippen LogP contribution < -0.4 is 0 Å². The van der Waals surface area contributed by atoms with Crippen LogP contribution in [0.3, 0.4) is 0 Å². The maximum atomic E-state index is 12.5.